The van der Waals surface area contributed by atoms with Crippen LogP contribution in [0.25, 0.3) is 10.1 Å². The highest BCUT2D eigenvalue weighted by molar-refractivity contribution is 14.1. The Morgan fingerprint density at radius 1 is 1.50 bits per heavy atom. The van der Waals surface area contributed by atoms with E-state index in [9.17, 15) is 10.1 Å². The molecule has 0 aliphatic carbocycles. The SMILES string of the molecule is Cc1ccc2cc([N+](=O)[O-])sc2c1I. The zero-order valence-corrected chi connectivity index (χ0v) is 10.3. The molecule has 0 saturated carbocycles. The fourth-order valence-corrected chi connectivity index (χ4v) is 3.03. The Kier molecular flexibility index (Phi) is 2.44. The second-order valence-corrected chi connectivity index (χ2v) is 5.07. The summed E-state index contributed by atoms with van der Waals surface area (Å²) < 4.78 is 2.12. The number of hydrogen-bond donors (Lipinski definition) is 0. The molecule has 14 heavy (non-hydrogen) atoms. The largest absolute Gasteiger partial charge is 0.325 e. The second kappa shape index (κ2) is 3.47. The van der Waals surface area contributed by atoms with Crippen LogP contribution >= 0.6 is 33.9 Å². The van der Waals surface area contributed by atoms with E-state index in [0.29, 0.717) is 0 Å². The van der Waals surface area contributed by atoms with E-state index in [-0.39, 0.29) is 9.92 Å². The number of nitro groups is 1. The third-order valence-corrected chi connectivity index (χ3v) is 4.86. The monoisotopic (exact) mass is 319 g/mol. The molecule has 0 spiro atoms. The standard InChI is InChI=1S/C9H6INO2S/c1-5-2-3-6-4-7(11(12)13)14-9(6)8(5)10/h2-4H,1H3. The fourth-order valence-electron chi connectivity index (χ4n) is 1.24. The summed E-state index contributed by atoms with van der Waals surface area (Å²) in [6, 6.07) is 5.54. The highest BCUT2D eigenvalue weighted by Crippen LogP contribution is 2.35. The van der Waals surface area contributed by atoms with Crippen molar-refractivity contribution in [2.24, 2.45) is 0 Å². The molecule has 2 rings (SSSR count). The normalized spacial score (nSPS) is 10.7. The molecule has 5 heteroatoms. The molecular formula is C9H6INO2S. The maximum Gasteiger partial charge on any atom is 0.325 e. The highest BCUT2D eigenvalue weighted by Gasteiger charge is 2.13. The highest BCUT2D eigenvalue weighted by atomic mass is 127. The van der Waals surface area contributed by atoms with Crippen molar-refractivity contribution in [1.82, 2.24) is 0 Å². The van der Waals surface area contributed by atoms with Crippen LogP contribution in [0.1, 0.15) is 5.56 Å². The van der Waals surface area contributed by atoms with Crippen LogP contribution in [0, 0.1) is 20.6 Å². The van der Waals surface area contributed by atoms with Crippen LogP contribution < -0.4 is 0 Å². The van der Waals surface area contributed by atoms with Crippen LogP contribution in [0.2, 0.25) is 0 Å². The molecule has 0 fully saturated rings. The Hall–Kier alpha value is -0.690. The van der Waals surface area contributed by atoms with Crippen LogP contribution in [-0.4, -0.2) is 4.92 Å². The molecule has 2 aromatic rings. The van der Waals surface area contributed by atoms with E-state index in [2.05, 4.69) is 22.6 Å². The van der Waals surface area contributed by atoms with E-state index in [4.69, 9.17) is 0 Å². The zero-order valence-electron chi connectivity index (χ0n) is 7.28. The fraction of sp³-hybridized carbons (Fsp3) is 0.111. The quantitative estimate of drug-likeness (QED) is 0.457. The first-order valence-corrected chi connectivity index (χ1v) is 5.82. The summed E-state index contributed by atoms with van der Waals surface area (Å²) >= 11 is 3.47. The Morgan fingerprint density at radius 2 is 2.21 bits per heavy atom. The van der Waals surface area contributed by atoms with E-state index in [1.54, 1.807) is 6.07 Å². The minimum absolute atomic E-state index is 0.212. The van der Waals surface area contributed by atoms with Gasteiger partial charge in [-0.25, -0.2) is 0 Å². The predicted molar refractivity (Wildman–Crippen MR) is 65.9 cm³/mol. The van der Waals surface area contributed by atoms with Gasteiger partial charge in [0.1, 0.15) is 0 Å². The number of nitrogens with zero attached hydrogens (tertiary/aromatic N) is 1. The Balaban J connectivity index is 2.77. The molecule has 0 saturated heterocycles. The molecule has 0 bridgehead atoms. The van der Waals surface area contributed by atoms with Crippen molar-refractivity contribution in [2.45, 2.75) is 6.92 Å². The van der Waals surface area contributed by atoms with Gasteiger partial charge >= 0.3 is 5.00 Å². The lowest BCUT2D eigenvalue weighted by Gasteiger charge is -1.96. The van der Waals surface area contributed by atoms with Crippen LogP contribution in [0.4, 0.5) is 5.00 Å². The molecule has 0 N–H and O–H groups in total. The van der Waals surface area contributed by atoms with Crippen molar-refractivity contribution in [1.29, 1.82) is 0 Å². The van der Waals surface area contributed by atoms with E-state index < -0.39 is 0 Å². The lowest BCUT2D eigenvalue weighted by molar-refractivity contribution is -0.380. The molecule has 3 nitrogen and oxygen atoms in total. The third-order valence-electron chi connectivity index (χ3n) is 1.99. The topological polar surface area (TPSA) is 43.1 Å². The average Bonchev–Trinajstić information content (AvgIpc) is 2.56. The molecule has 1 aromatic heterocycles. The summed E-state index contributed by atoms with van der Waals surface area (Å²) in [4.78, 5) is 10.2. The van der Waals surface area contributed by atoms with Gasteiger partial charge < -0.3 is 0 Å². The molecule has 1 aromatic carbocycles. The van der Waals surface area contributed by atoms with Gasteiger partial charge in [-0.3, -0.25) is 10.1 Å². The summed E-state index contributed by atoms with van der Waals surface area (Å²) in [5.41, 5.74) is 1.16. The number of aryl methyl sites for hydroxylation is 1. The van der Waals surface area contributed by atoms with Crippen molar-refractivity contribution < 1.29 is 4.92 Å². The summed E-state index contributed by atoms with van der Waals surface area (Å²) in [5.74, 6) is 0. The molecular weight excluding hydrogens is 313 g/mol. The van der Waals surface area contributed by atoms with Gasteiger partial charge in [-0.2, -0.15) is 0 Å². The molecule has 0 aliphatic heterocycles. The Morgan fingerprint density at radius 3 is 2.86 bits per heavy atom. The van der Waals surface area contributed by atoms with Crippen molar-refractivity contribution in [3.8, 4) is 0 Å². The molecule has 0 aliphatic rings. The minimum atomic E-state index is -0.337. The third kappa shape index (κ3) is 1.50. The van der Waals surface area contributed by atoms with E-state index >= 15 is 0 Å². The lowest BCUT2D eigenvalue weighted by atomic mass is 10.2. The van der Waals surface area contributed by atoms with Gasteiger partial charge in [0.2, 0.25) is 0 Å². The Labute approximate surface area is 98.0 Å². The molecule has 0 radical (unpaired) electrons. The number of benzene rings is 1. The van der Waals surface area contributed by atoms with Crippen molar-refractivity contribution >= 4 is 49.0 Å². The van der Waals surface area contributed by atoms with Crippen LogP contribution in [0.5, 0.6) is 0 Å². The second-order valence-electron chi connectivity index (χ2n) is 2.96. The molecule has 72 valence electrons. The molecule has 1 heterocycles. The first-order valence-electron chi connectivity index (χ1n) is 3.92. The lowest BCUT2D eigenvalue weighted by Crippen LogP contribution is -1.80. The van der Waals surface area contributed by atoms with Gasteiger partial charge in [-0.05, 0) is 35.1 Å². The number of halogens is 1. The molecule has 0 unspecified atom stereocenters. The number of hydrogen-bond acceptors (Lipinski definition) is 3. The van der Waals surface area contributed by atoms with Crippen molar-refractivity contribution in [3.05, 3.63) is 37.4 Å². The van der Waals surface area contributed by atoms with E-state index in [1.807, 2.05) is 19.1 Å². The first-order chi connectivity index (χ1) is 6.59. The molecule has 0 amide bonds. The summed E-state index contributed by atoms with van der Waals surface area (Å²) in [7, 11) is 0. The van der Waals surface area contributed by atoms with Crippen molar-refractivity contribution in [2.75, 3.05) is 0 Å². The van der Waals surface area contributed by atoms with Crippen LogP contribution in [-0.2, 0) is 0 Å². The van der Waals surface area contributed by atoms with Gasteiger partial charge in [-0.1, -0.05) is 23.5 Å². The van der Waals surface area contributed by atoms with Gasteiger partial charge in [0.25, 0.3) is 0 Å². The van der Waals surface area contributed by atoms with Gasteiger partial charge in [0.05, 0.1) is 9.62 Å². The van der Waals surface area contributed by atoms with Gasteiger partial charge in [0.15, 0.2) is 0 Å². The summed E-state index contributed by atoms with van der Waals surface area (Å²) in [5, 5.41) is 11.7. The summed E-state index contributed by atoms with van der Waals surface area (Å²) in [6.07, 6.45) is 0. The minimum Gasteiger partial charge on any atom is -0.258 e. The van der Waals surface area contributed by atoms with Crippen LogP contribution in [0.3, 0.4) is 0 Å². The van der Waals surface area contributed by atoms with E-state index in [1.165, 1.54) is 11.3 Å². The number of thiophene rings is 1. The smallest absolute Gasteiger partial charge is 0.258 e. The zero-order chi connectivity index (χ0) is 10.3. The number of fused-ring (bicyclic) bond motifs is 1. The average molecular weight is 319 g/mol. The Bertz CT molecular complexity index is 521. The van der Waals surface area contributed by atoms with E-state index in [0.717, 1.165) is 19.2 Å². The maximum absolute atomic E-state index is 10.6. The van der Waals surface area contributed by atoms with Gasteiger partial charge in [-0.15, -0.1) is 0 Å². The maximum atomic E-state index is 10.6. The summed E-state index contributed by atoms with van der Waals surface area (Å²) in [6.45, 7) is 2.01. The molecule has 0 atom stereocenters. The predicted octanol–water partition coefficient (Wildman–Crippen LogP) is 3.72. The first kappa shape index (κ1) is 9.85. The van der Waals surface area contributed by atoms with Crippen molar-refractivity contribution in [3.63, 3.8) is 0 Å². The van der Waals surface area contributed by atoms with Crippen LogP contribution in [0.15, 0.2) is 18.2 Å². The van der Waals surface area contributed by atoms with Gasteiger partial charge in [0, 0.05) is 15.0 Å². The number of rotatable bonds is 1.